The van der Waals surface area contributed by atoms with Crippen LogP contribution in [0, 0.1) is 0 Å². The number of furan rings is 1. The maximum atomic E-state index is 13.0. The molecule has 1 amide bonds. The largest absolute Gasteiger partial charge is 0.459 e. The van der Waals surface area contributed by atoms with Gasteiger partial charge in [-0.25, -0.2) is 4.98 Å². The van der Waals surface area contributed by atoms with Gasteiger partial charge in [0.2, 0.25) is 0 Å². The average Bonchev–Trinajstić information content (AvgIpc) is 3.45. The first kappa shape index (κ1) is 22.8. The van der Waals surface area contributed by atoms with Gasteiger partial charge >= 0.3 is 0 Å². The lowest BCUT2D eigenvalue weighted by atomic mass is 10.2. The van der Waals surface area contributed by atoms with Gasteiger partial charge < -0.3 is 9.15 Å². The third-order valence-electron chi connectivity index (χ3n) is 4.80. The number of hydrogen-bond donors (Lipinski definition) is 0. The van der Waals surface area contributed by atoms with Crippen molar-refractivity contribution < 1.29 is 13.9 Å². The van der Waals surface area contributed by atoms with E-state index < -0.39 is 0 Å². The van der Waals surface area contributed by atoms with Crippen LogP contribution in [-0.4, -0.2) is 55.2 Å². The number of anilines is 1. The summed E-state index contributed by atoms with van der Waals surface area (Å²) in [5.74, 6) is 0.147. The molecule has 0 unspecified atom stereocenters. The van der Waals surface area contributed by atoms with Crippen molar-refractivity contribution >= 4 is 46.4 Å². The van der Waals surface area contributed by atoms with Gasteiger partial charge in [-0.2, -0.15) is 0 Å². The van der Waals surface area contributed by atoms with Gasteiger partial charge in [-0.05, 0) is 30.7 Å². The molecular weight excluding hydrogens is 445 g/mol. The second-order valence-electron chi connectivity index (χ2n) is 6.76. The number of nitrogens with zero attached hydrogens (tertiary/aromatic N) is 3. The van der Waals surface area contributed by atoms with E-state index in [0.717, 1.165) is 50.5 Å². The van der Waals surface area contributed by atoms with E-state index in [1.54, 1.807) is 17.0 Å². The van der Waals surface area contributed by atoms with Crippen molar-refractivity contribution in [3.8, 4) is 11.3 Å². The number of carbonyl (C=O) groups is 1. The quantitative estimate of drug-likeness (QED) is 0.496. The molecule has 0 N–H and O–H groups in total. The average molecular weight is 468 g/mol. The molecule has 1 aliphatic rings. The van der Waals surface area contributed by atoms with Crippen molar-refractivity contribution in [3.05, 3.63) is 58.8 Å². The normalized spacial score (nSPS) is 14.3. The second-order valence-corrected chi connectivity index (χ2v) is 8.04. The molecule has 6 nitrogen and oxygen atoms in total. The lowest BCUT2D eigenvalue weighted by Gasteiger charge is -2.27. The van der Waals surface area contributed by atoms with Crippen LogP contribution in [-0.2, 0) is 4.74 Å². The van der Waals surface area contributed by atoms with E-state index in [4.69, 9.17) is 25.7 Å². The highest BCUT2D eigenvalue weighted by Gasteiger charge is 2.23. The number of hydrogen-bond acceptors (Lipinski definition) is 6. The Kier molecular flexibility index (Phi) is 8.30. The summed E-state index contributed by atoms with van der Waals surface area (Å²) in [6.45, 7) is 4.90. The van der Waals surface area contributed by atoms with E-state index >= 15 is 0 Å². The van der Waals surface area contributed by atoms with E-state index in [0.29, 0.717) is 22.5 Å². The van der Waals surface area contributed by atoms with Crippen molar-refractivity contribution in [2.75, 3.05) is 44.3 Å². The van der Waals surface area contributed by atoms with Crippen LogP contribution >= 0.6 is 35.3 Å². The fourth-order valence-corrected chi connectivity index (χ4v) is 4.22. The lowest BCUT2D eigenvalue weighted by Crippen LogP contribution is -2.39. The molecule has 1 fully saturated rings. The lowest BCUT2D eigenvalue weighted by molar-refractivity contribution is 0.0376. The molecule has 0 radical (unpaired) electrons. The number of amides is 1. The molecule has 9 heteroatoms. The van der Waals surface area contributed by atoms with E-state index in [2.05, 4.69) is 4.90 Å². The monoisotopic (exact) mass is 467 g/mol. The van der Waals surface area contributed by atoms with Gasteiger partial charge in [0.1, 0.15) is 0 Å². The zero-order valence-corrected chi connectivity index (χ0v) is 18.7. The van der Waals surface area contributed by atoms with Crippen LogP contribution in [0.25, 0.3) is 11.3 Å². The van der Waals surface area contributed by atoms with Crippen molar-refractivity contribution in [1.82, 2.24) is 9.88 Å². The first-order valence-electron chi connectivity index (χ1n) is 9.57. The smallest absolute Gasteiger partial charge is 0.295 e. The number of rotatable bonds is 7. The fourth-order valence-electron chi connectivity index (χ4n) is 3.24. The highest BCUT2D eigenvalue weighted by atomic mass is 35.5. The Balaban J connectivity index is 0.00000256. The third-order valence-corrected chi connectivity index (χ3v) is 5.92. The molecule has 0 aliphatic carbocycles. The minimum Gasteiger partial charge on any atom is -0.459 e. The highest BCUT2D eigenvalue weighted by molar-refractivity contribution is 7.14. The molecule has 3 heterocycles. The summed E-state index contributed by atoms with van der Waals surface area (Å²) in [6.07, 6.45) is 2.36. The van der Waals surface area contributed by atoms with Crippen LogP contribution < -0.4 is 4.90 Å². The number of benzene rings is 1. The summed E-state index contributed by atoms with van der Waals surface area (Å²) in [4.78, 5) is 21.8. The van der Waals surface area contributed by atoms with E-state index in [-0.39, 0.29) is 18.3 Å². The summed E-state index contributed by atoms with van der Waals surface area (Å²) < 4.78 is 10.7. The zero-order valence-electron chi connectivity index (χ0n) is 16.3. The van der Waals surface area contributed by atoms with Crippen LogP contribution in [0.1, 0.15) is 17.0 Å². The molecule has 1 aliphatic heterocycles. The first-order valence-corrected chi connectivity index (χ1v) is 10.8. The van der Waals surface area contributed by atoms with Crippen LogP contribution in [0.5, 0.6) is 0 Å². The molecule has 1 saturated heterocycles. The van der Waals surface area contributed by atoms with Gasteiger partial charge in [-0.3, -0.25) is 14.6 Å². The molecule has 0 atom stereocenters. The summed E-state index contributed by atoms with van der Waals surface area (Å²) in [5.41, 5.74) is 1.79. The van der Waals surface area contributed by atoms with Gasteiger partial charge in [0, 0.05) is 42.1 Å². The first-order chi connectivity index (χ1) is 14.2. The molecule has 3 aromatic rings. The van der Waals surface area contributed by atoms with Crippen molar-refractivity contribution in [3.63, 3.8) is 0 Å². The van der Waals surface area contributed by atoms with Gasteiger partial charge in [0.05, 0.1) is 25.2 Å². The molecule has 2 aromatic heterocycles. The maximum absolute atomic E-state index is 13.0. The Labute approximate surface area is 190 Å². The molecule has 0 bridgehead atoms. The SMILES string of the molecule is Cl.O=C(c1ccco1)N(CCCN1CCOCC1)c1nc(-c2ccc(Cl)cc2)cs1. The Morgan fingerprint density at radius 1 is 1.20 bits per heavy atom. The minimum atomic E-state index is -0.172. The summed E-state index contributed by atoms with van der Waals surface area (Å²) in [7, 11) is 0. The molecule has 4 rings (SSSR count). The maximum Gasteiger partial charge on any atom is 0.295 e. The van der Waals surface area contributed by atoms with E-state index in [1.807, 2.05) is 29.6 Å². The molecule has 0 spiro atoms. The topological polar surface area (TPSA) is 58.8 Å². The predicted molar refractivity (Wildman–Crippen MR) is 122 cm³/mol. The summed E-state index contributed by atoms with van der Waals surface area (Å²) in [6, 6.07) is 10.9. The highest BCUT2D eigenvalue weighted by Crippen LogP contribution is 2.29. The zero-order chi connectivity index (χ0) is 20.1. The molecule has 1 aromatic carbocycles. The van der Waals surface area contributed by atoms with E-state index in [9.17, 15) is 4.79 Å². The number of ether oxygens (including phenoxy) is 1. The van der Waals surface area contributed by atoms with Crippen LogP contribution in [0.15, 0.2) is 52.5 Å². The molecule has 160 valence electrons. The van der Waals surface area contributed by atoms with Gasteiger partial charge in [0.25, 0.3) is 5.91 Å². The third kappa shape index (κ3) is 5.62. The second kappa shape index (κ2) is 10.9. The van der Waals surface area contributed by atoms with Crippen molar-refractivity contribution in [1.29, 1.82) is 0 Å². The van der Waals surface area contributed by atoms with E-state index in [1.165, 1.54) is 17.6 Å². The molecule has 30 heavy (non-hydrogen) atoms. The number of carbonyl (C=O) groups excluding carboxylic acids is 1. The number of aromatic nitrogens is 1. The molecule has 0 saturated carbocycles. The number of morpholine rings is 1. The van der Waals surface area contributed by atoms with Gasteiger partial charge in [0.15, 0.2) is 10.9 Å². The van der Waals surface area contributed by atoms with Crippen LogP contribution in [0.3, 0.4) is 0 Å². The Morgan fingerprint density at radius 2 is 1.97 bits per heavy atom. The number of halogens is 2. The molecular formula is C21H23Cl2N3O3S. The summed E-state index contributed by atoms with van der Waals surface area (Å²) in [5, 5.41) is 3.31. The minimum absolute atomic E-state index is 0. The standard InChI is InChI=1S/C21H22ClN3O3S.ClH/c22-17-6-4-16(5-7-17)18-15-29-21(23-18)25(20(26)19-3-1-12-28-19)9-2-8-24-10-13-27-14-11-24;/h1,3-7,12,15H,2,8-11,13-14H2;1H. The summed E-state index contributed by atoms with van der Waals surface area (Å²) >= 11 is 7.44. The number of thiazole rings is 1. The van der Waals surface area contributed by atoms with Crippen molar-refractivity contribution in [2.45, 2.75) is 6.42 Å². The van der Waals surface area contributed by atoms with Gasteiger partial charge in [-0.1, -0.05) is 23.7 Å². The Bertz CT molecular complexity index is 925. The Morgan fingerprint density at radius 3 is 2.67 bits per heavy atom. The van der Waals surface area contributed by atoms with Gasteiger partial charge in [-0.15, -0.1) is 23.7 Å². The Hall–Kier alpha value is -1.90. The predicted octanol–water partition coefficient (Wildman–Crippen LogP) is 4.85. The van der Waals surface area contributed by atoms with Crippen LogP contribution in [0.4, 0.5) is 5.13 Å². The van der Waals surface area contributed by atoms with Crippen molar-refractivity contribution in [2.24, 2.45) is 0 Å². The van der Waals surface area contributed by atoms with Crippen LogP contribution in [0.2, 0.25) is 5.02 Å². The fraction of sp³-hybridized carbons (Fsp3) is 0.333.